The first-order valence-corrected chi connectivity index (χ1v) is 6.66. The highest BCUT2D eigenvalue weighted by atomic mass is 16.3. The molecule has 1 rings (SSSR count). The van der Waals surface area contributed by atoms with Crippen molar-refractivity contribution in [3.63, 3.8) is 0 Å². The molecule has 1 heterocycles. The normalized spacial score (nSPS) is 24.6. The Kier molecular flexibility index (Phi) is 6.26. The van der Waals surface area contributed by atoms with E-state index >= 15 is 0 Å². The van der Waals surface area contributed by atoms with Crippen LogP contribution in [0.25, 0.3) is 0 Å². The van der Waals surface area contributed by atoms with Gasteiger partial charge in [-0.25, -0.2) is 0 Å². The monoisotopic (exact) mass is 213 g/mol. The third-order valence-electron chi connectivity index (χ3n) is 3.75. The van der Waals surface area contributed by atoms with Crippen molar-refractivity contribution in [1.82, 2.24) is 4.90 Å². The second-order valence-electron chi connectivity index (χ2n) is 4.89. The molecular formula is C13H27NO. The lowest BCUT2D eigenvalue weighted by Gasteiger charge is -2.27. The molecule has 0 aliphatic carbocycles. The zero-order valence-corrected chi connectivity index (χ0v) is 10.4. The van der Waals surface area contributed by atoms with E-state index in [1.54, 1.807) is 0 Å². The molecule has 1 fully saturated rings. The van der Waals surface area contributed by atoms with E-state index in [0.717, 1.165) is 5.92 Å². The summed E-state index contributed by atoms with van der Waals surface area (Å²) in [4.78, 5) is 2.50. The quantitative estimate of drug-likeness (QED) is 0.703. The molecule has 1 unspecified atom stereocenters. The zero-order chi connectivity index (χ0) is 11.1. The molecule has 2 heteroatoms. The minimum absolute atomic E-state index is 0.351. The predicted molar refractivity (Wildman–Crippen MR) is 65.0 cm³/mol. The lowest BCUT2D eigenvalue weighted by Crippen LogP contribution is -2.36. The molecular weight excluding hydrogens is 186 g/mol. The van der Waals surface area contributed by atoms with Crippen LogP contribution in [0.4, 0.5) is 0 Å². The second-order valence-corrected chi connectivity index (χ2v) is 4.89. The van der Waals surface area contributed by atoms with E-state index in [0.29, 0.717) is 12.6 Å². The number of rotatable bonds is 7. The molecule has 0 amide bonds. The smallest absolute Gasteiger partial charge is 0.0586 e. The molecule has 1 N–H and O–H groups in total. The van der Waals surface area contributed by atoms with E-state index in [-0.39, 0.29) is 0 Å². The van der Waals surface area contributed by atoms with Gasteiger partial charge in [-0.3, -0.25) is 4.90 Å². The standard InChI is InChI=1S/C13H27NO/c1-3-5-7-12(4-2)10-14-9-6-8-13(14)11-15/h12-13,15H,3-11H2,1-2H3/t12?,13-/m0/s1. The van der Waals surface area contributed by atoms with Crippen LogP contribution in [0.1, 0.15) is 52.4 Å². The van der Waals surface area contributed by atoms with Crippen LogP contribution in [0.15, 0.2) is 0 Å². The van der Waals surface area contributed by atoms with Gasteiger partial charge in [0.15, 0.2) is 0 Å². The van der Waals surface area contributed by atoms with E-state index in [4.69, 9.17) is 0 Å². The van der Waals surface area contributed by atoms with Gasteiger partial charge in [0.1, 0.15) is 0 Å². The van der Waals surface area contributed by atoms with Crippen LogP contribution in [-0.2, 0) is 0 Å². The van der Waals surface area contributed by atoms with Crippen LogP contribution < -0.4 is 0 Å². The van der Waals surface area contributed by atoms with Crippen molar-refractivity contribution in [3.8, 4) is 0 Å². The van der Waals surface area contributed by atoms with Gasteiger partial charge in [-0.2, -0.15) is 0 Å². The number of nitrogens with zero attached hydrogens (tertiary/aromatic N) is 1. The maximum atomic E-state index is 9.26. The molecule has 2 nitrogen and oxygen atoms in total. The first-order chi connectivity index (χ1) is 7.31. The van der Waals surface area contributed by atoms with Crippen LogP contribution in [0.5, 0.6) is 0 Å². The number of likely N-dealkylation sites (tertiary alicyclic amines) is 1. The Hall–Kier alpha value is -0.0800. The molecule has 1 aliphatic rings. The predicted octanol–water partition coefficient (Wildman–Crippen LogP) is 2.66. The molecule has 0 aromatic rings. The molecule has 0 saturated carbocycles. The molecule has 0 bridgehead atoms. The SMILES string of the molecule is CCCCC(CC)CN1CCC[C@H]1CO. The third kappa shape index (κ3) is 4.12. The molecule has 1 aliphatic heterocycles. The van der Waals surface area contributed by atoms with Gasteiger partial charge in [0.05, 0.1) is 6.61 Å². The summed E-state index contributed by atoms with van der Waals surface area (Å²) in [6.45, 7) is 7.32. The van der Waals surface area contributed by atoms with E-state index in [9.17, 15) is 5.11 Å². The van der Waals surface area contributed by atoms with Crippen molar-refractivity contribution in [2.24, 2.45) is 5.92 Å². The summed E-state index contributed by atoms with van der Waals surface area (Å²) < 4.78 is 0. The van der Waals surface area contributed by atoms with Crippen LogP contribution in [0, 0.1) is 5.92 Å². The Balaban J connectivity index is 2.29. The summed E-state index contributed by atoms with van der Waals surface area (Å²) in [5.74, 6) is 0.845. The van der Waals surface area contributed by atoms with Crippen LogP contribution in [-0.4, -0.2) is 35.7 Å². The average Bonchev–Trinajstić information content (AvgIpc) is 2.71. The van der Waals surface area contributed by atoms with Crippen LogP contribution >= 0.6 is 0 Å². The lowest BCUT2D eigenvalue weighted by molar-refractivity contribution is 0.138. The molecule has 0 spiro atoms. The molecule has 0 aromatic carbocycles. The zero-order valence-electron chi connectivity index (χ0n) is 10.4. The first kappa shape index (κ1) is 13.0. The van der Waals surface area contributed by atoms with Crippen molar-refractivity contribution in [3.05, 3.63) is 0 Å². The molecule has 90 valence electrons. The van der Waals surface area contributed by atoms with Gasteiger partial charge in [-0.15, -0.1) is 0 Å². The summed E-state index contributed by atoms with van der Waals surface area (Å²) in [6, 6.07) is 0.459. The van der Waals surface area contributed by atoms with Crippen molar-refractivity contribution in [1.29, 1.82) is 0 Å². The average molecular weight is 213 g/mol. The lowest BCUT2D eigenvalue weighted by atomic mass is 9.98. The van der Waals surface area contributed by atoms with Gasteiger partial charge >= 0.3 is 0 Å². The molecule has 0 radical (unpaired) electrons. The summed E-state index contributed by atoms with van der Waals surface area (Å²) >= 11 is 0. The number of aliphatic hydroxyl groups excluding tert-OH is 1. The molecule has 2 atom stereocenters. The van der Waals surface area contributed by atoms with E-state index in [1.165, 1.54) is 51.6 Å². The Bertz CT molecular complexity index is 161. The van der Waals surface area contributed by atoms with Crippen molar-refractivity contribution in [2.75, 3.05) is 19.7 Å². The number of hydrogen-bond acceptors (Lipinski definition) is 2. The number of unbranched alkanes of at least 4 members (excludes halogenated alkanes) is 1. The fraction of sp³-hybridized carbons (Fsp3) is 1.00. The Labute approximate surface area is 94.7 Å². The van der Waals surface area contributed by atoms with Gasteiger partial charge in [0.2, 0.25) is 0 Å². The minimum Gasteiger partial charge on any atom is -0.395 e. The second kappa shape index (κ2) is 7.24. The van der Waals surface area contributed by atoms with Crippen molar-refractivity contribution in [2.45, 2.75) is 58.4 Å². The molecule has 0 aromatic heterocycles. The minimum atomic E-state index is 0.351. The maximum absolute atomic E-state index is 9.26. The van der Waals surface area contributed by atoms with Crippen molar-refractivity contribution < 1.29 is 5.11 Å². The Morgan fingerprint density at radius 2 is 2.20 bits per heavy atom. The fourth-order valence-electron chi connectivity index (χ4n) is 2.59. The van der Waals surface area contributed by atoms with Gasteiger partial charge in [-0.05, 0) is 31.7 Å². The highest BCUT2D eigenvalue weighted by molar-refractivity contribution is 4.80. The highest BCUT2D eigenvalue weighted by Gasteiger charge is 2.25. The summed E-state index contributed by atoms with van der Waals surface area (Å²) in [5, 5.41) is 9.26. The largest absolute Gasteiger partial charge is 0.395 e. The summed E-state index contributed by atoms with van der Waals surface area (Å²) in [7, 11) is 0. The molecule has 15 heavy (non-hydrogen) atoms. The van der Waals surface area contributed by atoms with Gasteiger partial charge < -0.3 is 5.11 Å². The van der Waals surface area contributed by atoms with E-state index in [2.05, 4.69) is 18.7 Å². The number of aliphatic hydroxyl groups is 1. The topological polar surface area (TPSA) is 23.5 Å². The van der Waals surface area contributed by atoms with Gasteiger partial charge in [0, 0.05) is 12.6 Å². The Morgan fingerprint density at radius 1 is 1.40 bits per heavy atom. The summed E-state index contributed by atoms with van der Waals surface area (Å²) in [6.07, 6.45) is 7.78. The Morgan fingerprint density at radius 3 is 2.80 bits per heavy atom. The number of hydrogen-bond donors (Lipinski definition) is 1. The van der Waals surface area contributed by atoms with Crippen LogP contribution in [0.2, 0.25) is 0 Å². The third-order valence-corrected chi connectivity index (χ3v) is 3.75. The van der Waals surface area contributed by atoms with Gasteiger partial charge in [-0.1, -0.05) is 33.1 Å². The first-order valence-electron chi connectivity index (χ1n) is 6.66. The fourth-order valence-corrected chi connectivity index (χ4v) is 2.59. The molecule has 1 saturated heterocycles. The summed E-state index contributed by atoms with van der Waals surface area (Å²) in [5.41, 5.74) is 0. The van der Waals surface area contributed by atoms with Crippen LogP contribution in [0.3, 0.4) is 0 Å². The van der Waals surface area contributed by atoms with E-state index < -0.39 is 0 Å². The van der Waals surface area contributed by atoms with Gasteiger partial charge in [0.25, 0.3) is 0 Å². The maximum Gasteiger partial charge on any atom is 0.0586 e. The highest BCUT2D eigenvalue weighted by Crippen LogP contribution is 2.21. The van der Waals surface area contributed by atoms with E-state index in [1.807, 2.05) is 0 Å². The van der Waals surface area contributed by atoms with Crippen molar-refractivity contribution >= 4 is 0 Å².